The van der Waals surface area contributed by atoms with Crippen molar-refractivity contribution in [3.05, 3.63) is 27.4 Å². The number of carboxylic acids is 1. The number of carbonyl (C=O) groups is 1. The lowest BCUT2D eigenvalue weighted by atomic mass is 10.2. The summed E-state index contributed by atoms with van der Waals surface area (Å²) in [6, 6.07) is 1.68. The molecule has 14 heavy (non-hydrogen) atoms. The monoisotopic (exact) mass is 225 g/mol. The number of hydrogen-bond acceptors (Lipinski definition) is 4. The Morgan fingerprint density at radius 1 is 1.57 bits per heavy atom. The van der Waals surface area contributed by atoms with E-state index in [1.807, 2.05) is 12.3 Å². The van der Waals surface area contributed by atoms with Gasteiger partial charge in [0.15, 0.2) is 0 Å². The number of carboxylic acid groups (broad SMARTS) is 1. The molecule has 0 bridgehead atoms. The molecule has 2 rings (SSSR count). The number of aryl methyl sites for hydroxylation is 1. The van der Waals surface area contributed by atoms with Crippen LogP contribution in [0.3, 0.4) is 0 Å². The van der Waals surface area contributed by atoms with Gasteiger partial charge in [0.2, 0.25) is 0 Å². The van der Waals surface area contributed by atoms with Crippen LogP contribution in [0.15, 0.2) is 17.0 Å². The lowest BCUT2D eigenvalue weighted by Gasteiger charge is -1.90. The highest BCUT2D eigenvalue weighted by Gasteiger charge is 2.13. The maximum absolute atomic E-state index is 10.7. The van der Waals surface area contributed by atoms with Gasteiger partial charge < -0.3 is 5.11 Å². The number of hydrogen-bond donors (Lipinski definition) is 1. The Morgan fingerprint density at radius 3 is 2.86 bits per heavy atom. The van der Waals surface area contributed by atoms with Crippen molar-refractivity contribution in [1.29, 1.82) is 0 Å². The minimum Gasteiger partial charge on any atom is -0.477 e. The normalized spacial score (nSPS) is 10.4. The smallest absolute Gasteiger partial charge is 0.345 e. The first-order valence-corrected chi connectivity index (χ1v) is 5.66. The molecule has 2 aromatic rings. The third-order valence-electron chi connectivity index (χ3n) is 1.79. The largest absolute Gasteiger partial charge is 0.477 e. The van der Waals surface area contributed by atoms with Crippen molar-refractivity contribution >= 4 is 28.6 Å². The van der Waals surface area contributed by atoms with Crippen LogP contribution in [0, 0.1) is 6.92 Å². The quantitative estimate of drug-likeness (QED) is 0.855. The molecule has 5 heteroatoms. The molecule has 2 aromatic heterocycles. The highest BCUT2D eigenvalue weighted by atomic mass is 32.1. The molecule has 0 amide bonds. The number of thiophene rings is 1. The SMILES string of the molecule is Cc1cc(C(=O)O)sc1-c1cscn1. The standard InChI is InChI=1S/C9H7NO2S2/c1-5-2-7(9(11)12)14-8(5)6-3-13-4-10-6/h2-4H,1H3,(H,11,12). The molecule has 3 nitrogen and oxygen atoms in total. The van der Waals surface area contributed by atoms with E-state index in [2.05, 4.69) is 4.98 Å². The van der Waals surface area contributed by atoms with Gasteiger partial charge in [-0.15, -0.1) is 22.7 Å². The highest BCUT2D eigenvalue weighted by Crippen LogP contribution is 2.31. The Hall–Kier alpha value is -1.20. The van der Waals surface area contributed by atoms with Gasteiger partial charge in [0.1, 0.15) is 4.88 Å². The summed E-state index contributed by atoms with van der Waals surface area (Å²) < 4.78 is 0. The molecule has 0 radical (unpaired) electrons. The molecule has 0 unspecified atom stereocenters. The van der Waals surface area contributed by atoms with Crippen molar-refractivity contribution in [3.8, 4) is 10.6 Å². The summed E-state index contributed by atoms with van der Waals surface area (Å²) in [5, 5.41) is 10.7. The summed E-state index contributed by atoms with van der Waals surface area (Å²) in [6.07, 6.45) is 0. The van der Waals surface area contributed by atoms with Crippen molar-refractivity contribution in [1.82, 2.24) is 4.98 Å². The lowest BCUT2D eigenvalue weighted by molar-refractivity contribution is 0.0702. The molecular weight excluding hydrogens is 218 g/mol. The van der Waals surface area contributed by atoms with E-state index in [1.54, 1.807) is 11.6 Å². The van der Waals surface area contributed by atoms with Gasteiger partial charge in [0.25, 0.3) is 0 Å². The number of thiazole rings is 1. The molecule has 1 N–H and O–H groups in total. The molecule has 0 aliphatic heterocycles. The summed E-state index contributed by atoms with van der Waals surface area (Å²) in [4.78, 5) is 16.2. The second-order valence-corrected chi connectivity index (χ2v) is 4.57. The second-order valence-electron chi connectivity index (χ2n) is 2.80. The van der Waals surface area contributed by atoms with Crippen LogP contribution < -0.4 is 0 Å². The zero-order valence-corrected chi connectivity index (χ0v) is 8.98. The van der Waals surface area contributed by atoms with E-state index in [9.17, 15) is 4.79 Å². The van der Waals surface area contributed by atoms with Gasteiger partial charge in [-0.2, -0.15) is 0 Å². The molecule has 0 saturated heterocycles. The summed E-state index contributed by atoms with van der Waals surface area (Å²) >= 11 is 2.78. The van der Waals surface area contributed by atoms with Crippen LogP contribution in [-0.4, -0.2) is 16.1 Å². The molecule has 2 heterocycles. The average Bonchev–Trinajstić information content (AvgIpc) is 2.71. The second kappa shape index (κ2) is 3.51. The van der Waals surface area contributed by atoms with E-state index in [4.69, 9.17) is 5.11 Å². The first kappa shape index (κ1) is 9.36. The van der Waals surface area contributed by atoms with Gasteiger partial charge in [-0.3, -0.25) is 0 Å². The van der Waals surface area contributed by atoms with E-state index < -0.39 is 5.97 Å². The van der Waals surface area contributed by atoms with E-state index in [0.29, 0.717) is 4.88 Å². The number of aromatic carboxylic acids is 1. The zero-order chi connectivity index (χ0) is 10.1. The first-order valence-electron chi connectivity index (χ1n) is 3.91. The minimum absolute atomic E-state index is 0.366. The predicted molar refractivity (Wildman–Crippen MR) is 57.1 cm³/mol. The zero-order valence-electron chi connectivity index (χ0n) is 7.35. The molecule has 0 aliphatic carbocycles. The molecule has 0 spiro atoms. The van der Waals surface area contributed by atoms with Gasteiger partial charge in [0, 0.05) is 5.38 Å². The molecule has 0 fully saturated rings. The fourth-order valence-corrected chi connectivity index (χ4v) is 2.76. The van der Waals surface area contributed by atoms with Gasteiger partial charge in [-0.25, -0.2) is 9.78 Å². The molecule has 72 valence electrons. The van der Waals surface area contributed by atoms with Crippen molar-refractivity contribution < 1.29 is 9.90 Å². The van der Waals surface area contributed by atoms with E-state index in [-0.39, 0.29) is 0 Å². The van der Waals surface area contributed by atoms with Crippen LogP contribution in [0.4, 0.5) is 0 Å². The molecule has 0 saturated carbocycles. The van der Waals surface area contributed by atoms with Crippen molar-refractivity contribution in [2.75, 3.05) is 0 Å². The average molecular weight is 225 g/mol. The fourth-order valence-electron chi connectivity index (χ4n) is 1.17. The minimum atomic E-state index is -0.875. The third-order valence-corrected chi connectivity index (χ3v) is 3.63. The topological polar surface area (TPSA) is 50.2 Å². The molecule has 0 aliphatic rings. The fraction of sp³-hybridized carbons (Fsp3) is 0.111. The summed E-state index contributed by atoms with van der Waals surface area (Å²) in [5.74, 6) is -0.875. The Bertz CT molecular complexity index is 459. The number of rotatable bonds is 2. The summed E-state index contributed by atoms with van der Waals surface area (Å²) in [5.41, 5.74) is 3.58. The van der Waals surface area contributed by atoms with Crippen LogP contribution in [-0.2, 0) is 0 Å². The van der Waals surface area contributed by atoms with E-state index in [0.717, 1.165) is 16.1 Å². The third kappa shape index (κ3) is 1.56. The van der Waals surface area contributed by atoms with Gasteiger partial charge in [0.05, 0.1) is 16.1 Å². The first-order chi connectivity index (χ1) is 6.68. The van der Waals surface area contributed by atoms with Gasteiger partial charge >= 0.3 is 5.97 Å². The van der Waals surface area contributed by atoms with Crippen molar-refractivity contribution in [2.45, 2.75) is 6.92 Å². The molecular formula is C9H7NO2S2. The van der Waals surface area contributed by atoms with Crippen molar-refractivity contribution in [3.63, 3.8) is 0 Å². The lowest BCUT2D eigenvalue weighted by Crippen LogP contribution is -1.89. The number of nitrogens with zero attached hydrogens (tertiary/aromatic N) is 1. The molecule has 0 atom stereocenters. The van der Waals surface area contributed by atoms with E-state index >= 15 is 0 Å². The Labute approximate surface area is 88.7 Å². The maximum atomic E-state index is 10.7. The highest BCUT2D eigenvalue weighted by molar-refractivity contribution is 7.17. The Balaban J connectivity index is 2.50. The van der Waals surface area contributed by atoms with Crippen molar-refractivity contribution in [2.24, 2.45) is 0 Å². The molecule has 0 aromatic carbocycles. The van der Waals surface area contributed by atoms with Gasteiger partial charge in [-0.1, -0.05) is 0 Å². The summed E-state index contributed by atoms with van der Waals surface area (Å²) in [7, 11) is 0. The maximum Gasteiger partial charge on any atom is 0.345 e. The van der Waals surface area contributed by atoms with Crippen LogP contribution in [0.2, 0.25) is 0 Å². The van der Waals surface area contributed by atoms with E-state index in [1.165, 1.54) is 22.7 Å². The van der Waals surface area contributed by atoms with Gasteiger partial charge in [-0.05, 0) is 18.6 Å². The number of aromatic nitrogens is 1. The van der Waals surface area contributed by atoms with Crippen LogP contribution in [0.25, 0.3) is 10.6 Å². The van der Waals surface area contributed by atoms with Crippen LogP contribution in [0.5, 0.6) is 0 Å². The predicted octanol–water partition coefficient (Wildman–Crippen LogP) is 2.88. The summed E-state index contributed by atoms with van der Waals surface area (Å²) in [6.45, 7) is 1.90. The van der Waals surface area contributed by atoms with Crippen LogP contribution in [0.1, 0.15) is 15.2 Å². The Morgan fingerprint density at radius 2 is 2.36 bits per heavy atom. The van der Waals surface area contributed by atoms with Crippen LogP contribution >= 0.6 is 22.7 Å². The Kier molecular flexibility index (Phi) is 2.35.